The van der Waals surface area contributed by atoms with Crippen molar-refractivity contribution in [3.05, 3.63) is 35.5 Å². The summed E-state index contributed by atoms with van der Waals surface area (Å²) in [6, 6.07) is 0.169. The molecule has 0 unspecified atom stereocenters. The maximum absolute atomic E-state index is 5.28. The van der Waals surface area contributed by atoms with E-state index >= 15 is 0 Å². The van der Waals surface area contributed by atoms with Crippen LogP contribution in [0.15, 0.2) is 16.9 Å². The van der Waals surface area contributed by atoms with Crippen LogP contribution in [0.5, 0.6) is 0 Å². The molecule has 3 rings (SSSR count). The molecule has 1 saturated heterocycles. The second-order valence-corrected chi connectivity index (χ2v) is 5.82. The number of aryl methyl sites for hydroxylation is 2. The van der Waals surface area contributed by atoms with Crippen molar-refractivity contribution in [1.82, 2.24) is 29.9 Å². The maximum Gasteiger partial charge on any atom is 0.243 e. The summed E-state index contributed by atoms with van der Waals surface area (Å²) < 4.78 is 5.28. The van der Waals surface area contributed by atoms with Gasteiger partial charge in [-0.2, -0.15) is 4.98 Å². The van der Waals surface area contributed by atoms with E-state index in [1.807, 2.05) is 26.2 Å². The molecule has 7 heteroatoms. The number of hydrogen-bond donors (Lipinski definition) is 0. The third-order valence-electron chi connectivity index (χ3n) is 4.08. The van der Waals surface area contributed by atoms with Gasteiger partial charge in [-0.3, -0.25) is 19.8 Å². The maximum atomic E-state index is 5.28. The fraction of sp³-hybridized carbons (Fsp3) is 0.600. The second kappa shape index (κ2) is 6.50. The highest BCUT2D eigenvalue weighted by Gasteiger charge is 2.25. The number of rotatable bonds is 4. The molecular weight excluding hydrogens is 280 g/mol. The van der Waals surface area contributed by atoms with Crippen LogP contribution in [-0.2, 0) is 6.54 Å². The minimum atomic E-state index is 0.169. The minimum Gasteiger partial charge on any atom is -0.338 e. The van der Waals surface area contributed by atoms with Crippen LogP contribution in [0.4, 0.5) is 0 Å². The van der Waals surface area contributed by atoms with E-state index in [0.29, 0.717) is 11.7 Å². The Morgan fingerprint density at radius 3 is 2.50 bits per heavy atom. The van der Waals surface area contributed by atoms with Gasteiger partial charge >= 0.3 is 0 Å². The topological polar surface area (TPSA) is 71.2 Å². The van der Waals surface area contributed by atoms with Crippen LogP contribution in [0.2, 0.25) is 0 Å². The number of aromatic nitrogens is 4. The molecule has 1 aliphatic heterocycles. The monoisotopic (exact) mass is 302 g/mol. The van der Waals surface area contributed by atoms with Crippen LogP contribution >= 0.6 is 0 Å². The van der Waals surface area contributed by atoms with E-state index in [-0.39, 0.29) is 6.04 Å². The van der Waals surface area contributed by atoms with Gasteiger partial charge in [-0.25, -0.2) is 0 Å². The van der Waals surface area contributed by atoms with E-state index in [1.54, 1.807) is 0 Å². The Labute approximate surface area is 130 Å². The van der Waals surface area contributed by atoms with Gasteiger partial charge in [-0.1, -0.05) is 5.16 Å². The molecule has 0 amide bonds. The van der Waals surface area contributed by atoms with Gasteiger partial charge < -0.3 is 4.52 Å². The molecule has 118 valence electrons. The molecule has 0 N–H and O–H groups in total. The summed E-state index contributed by atoms with van der Waals surface area (Å²) in [7, 11) is 0. The molecule has 0 bridgehead atoms. The van der Waals surface area contributed by atoms with Crippen LogP contribution in [0, 0.1) is 13.8 Å². The molecule has 0 aliphatic carbocycles. The zero-order chi connectivity index (χ0) is 15.5. The number of piperazine rings is 1. The average molecular weight is 302 g/mol. The Morgan fingerprint density at radius 2 is 1.91 bits per heavy atom. The van der Waals surface area contributed by atoms with Crippen molar-refractivity contribution in [2.75, 3.05) is 26.2 Å². The average Bonchev–Trinajstić information content (AvgIpc) is 2.96. The number of hydrogen-bond acceptors (Lipinski definition) is 7. The summed E-state index contributed by atoms with van der Waals surface area (Å²) in [5.41, 5.74) is 1.98. The van der Waals surface area contributed by atoms with Crippen molar-refractivity contribution in [1.29, 1.82) is 0 Å². The van der Waals surface area contributed by atoms with Gasteiger partial charge in [-0.15, -0.1) is 0 Å². The molecule has 0 saturated carbocycles. The molecule has 0 aromatic carbocycles. The predicted octanol–water partition coefficient (Wildman–Crippen LogP) is 1.36. The van der Waals surface area contributed by atoms with Gasteiger partial charge in [0.2, 0.25) is 5.89 Å². The first kappa shape index (κ1) is 15.1. The summed E-state index contributed by atoms with van der Waals surface area (Å²) in [5, 5.41) is 3.87. The molecule has 3 heterocycles. The predicted molar refractivity (Wildman–Crippen MR) is 81.1 cm³/mol. The Morgan fingerprint density at radius 1 is 1.14 bits per heavy atom. The second-order valence-electron chi connectivity index (χ2n) is 5.82. The Kier molecular flexibility index (Phi) is 4.44. The van der Waals surface area contributed by atoms with Crippen molar-refractivity contribution in [2.24, 2.45) is 0 Å². The van der Waals surface area contributed by atoms with Crippen molar-refractivity contribution in [2.45, 2.75) is 33.4 Å². The Balaban J connectivity index is 1.52. The summed E-state index contributed by atoms with van der Waals surface area (Å²) >= 11 is 0. The third kappa shape index (κ3) is 3.48. The summed E-state index contributed by atoms with van der Waals surface area (Å²) in [6.45, 7) is 10.8. The summed E-state index contributed by atoms with van der Waals surface area (Å²) in [4.78, 5) is 17.8. The molecule has 0 spiro atoms. The smallest absolute Gasteiger partial charge is 0.243 e. The van der Waals surface area contributed by atoms with Gasteiger partial charge in [0.25, 0.3) is 0 Å². The van der Waals surface area contributed by atoms with Gasteiger partial charge in [-0.05, 0) is 20.8 Å². The lowest BCUT2D eigenvalue weighted by atomic mass is 10.2. The molecule has 1 atom stereocenters. The first-order valence-corrected chi connectivity index (χ1v) is 7.66. The molecule has 0 radical (unpaired) electrons. The Bertz CT molecular complexity index is 603. The fourth-order valence-corrected chi connectivity index (χ4v) is 2.68. The van der Waals surface area contributed by atoms with Crippen molar-refractivity contribution in [3.8, 4) is 0 Å². The highest BCUT2D eigenvalue weighted by atomic mass is 16.5. The zero-order valence-electron chi connectivity index (χ0n) is 13.4. The van der Waals surface area contributed by atoms with Gasteiger partial charge in [0, 0.05) is 45.1 Å². The molecule has 7 nitrogen and oxygen atoms in total. The van der Waals surface area contributed by atoms with Crippen LogP contribution in [0.1, 0.15) is 36.1 Å². The van der Waals surface area contributed by atoms with E-state index in [4.69, 9.17) is 4.52 Å². The lowest BCUT2D eigenvalue weighted by Crippen LogP contribution is -2.46. The largest absolute Gasteiger partial charge is 0.338 e. The van der Waals surface area contributed by atoms with Crippen LogP contribution < -0.4 is 0 Å². The molecule has 2 aromatic heterocycles. The lowest BCUT2D eigenvalue weighted by Gasteiger charge is -2.36. The minimum absolute atomic E-state index is 0.169. The van der Waals surface area contributed by atoms with Crippen molar-refractivity contribution in [3.63, 3.8) is 0 Å². The van der Waals surface area contributed by atoms with E-state index in [2.05, 4.69) is 36.8 Å². The first-order valence-electron chi connectivity index (χ1n) is 7.66. The fourth-order valence-electron chi connectivity index (χ4n) is 2.68. The lowest BCUT2D eigenvalue weighted by molar-refractivity contribution is 0.0838. The Hall–Kier alpha value is -1.86. The quantitative estimate of drug-likeness (QED) is 0.844. The highest BCUT2D eigenvalue weighted by molar-refractivity contribution is 5.01. The van der Waals surface area contributed by atoms with Gasteiger partial charge in [0.15, 0.2) is 5.82 Å². The third-order valence-corrected chi connectivity index (χ3v) is 4.08. The molecule has 22 heavy (non-hydrogen) atoms. The normalized spacial score (nSPS) is 18.5. The standard InChI is InChI=1S/C15H22N6O/c1-11-8-17-14(9-16-11)10-20-4-6-21(7-5-20)12(2)15-18-13(3)19-22-15/h8-9,12H,4-7,10H2,1-3H3/t12-/m0/s1. The van der Waals surface area contributed by atoms with Gasteiger partial charge in [0.05, 0.1) is 17.4 Å². The summed E-state index contributed by atoms with van der Waals surface area (Å²) in [6.07, 6.45) is 3.69. The molecule has 2 aromatic rings. The zero-order valence-corrected chi connectivity index (χ0v) is 13.4. The summed E-state index contributed by atoms with van der Waals surface area (Å²) in [5.74, 6) is 1.40. The van der Waals surface area contributed by atoms with Crippen LogP contribution in [0.25, 0.3) is 0 Å². The van der Waals surface area contributed by atoms with Crippen LogP contribution in [0.3, 0.4) is 0 Å². The van der Waals surface area contributed by atoms with Crippen molar-refractivity contribution >= 4 is 0 Å². The van der Waals surface area contributed by atoms with Crippen LogP contribution in [-0.4, -0.2) is 56.1 Å². The van der Waals surface area contributed by atoms with E-state index in [9.17, 15) is 0 Å². The van der Waals surface area contributed by atoms with E-state index in [0.717, 1.165) is 44.1 Å². The van der Waals surface area contributed by atoms with E-state index in [1.165, 1.54) is 0 Å². The molecule has 1 fully saturated rings. The molecular formula is C15H22N6O. The highest BCUT2D eigenvalue weighted by Crippen LogP contribution is 2.20. The van der Waals surface area contributed by atoms with Crippen molar-refractivity contribution < 1.29 is 4.52 Å². The van der Waals surface area contributed by atoms with E-state index < -0.39 is 0 Å². The SMILES string of the molecule is Cc1cnc(CN2CCN([C@@H](C)c3nc(C)no3)CC2)cn1. The molecule has 1 aliphatic rings. The van der Waals surface area contributed by atoms with Gasteiger partial charge in [0.1, 0.15) is 0 Å². The first-order chi connectivity index (χ1) is 10.6. The number of nitrogens with zero attached hydrogens (tertiary/aromatic N) is 6.